The number of aryl methyl sites for hydroxylation is 2. The van der Waals surface area contributed by atoms with Crippen molar-refractivity contribution in [1.29, 1.82) is 0 Å². The Morgan fingerprint density at radius 2 is 2.16 bits per heavy atom. The van der Waals surface area contributed by atoms with Gasteiger partial charge in [-0.2, -0.15) is 5.10 Å². The van der Waals surface area contributed by atoms with Gasteiger partial charge in [0.05, 0.1) is 11.3 Å². The van der Waals surface area contributed by atoms with Crippen LogP contribution < -0.4 is 10.9 Å². The fourth-order valence-corrected chi connectivity index (χ4v) is 2.56. The molecule has 0 fully saturated rings. The third-order valence-electron chi connectivity index (χ3n) is 2.52. The molecule has 0 aliphatic rings. The van der Waals surface area contributed by atoms with Gasteiger partial charge >= 0.3 is 0 Å². The van der Waals surface area contributed by atoms with Crippen molar-refractivity contribution in [3.05, 3.63) is 22.1 Å². The summed E-state index contributed by atoms with van der Waals surface area (Å²) in [6.07, 6.45) is 0.870. The highest BCUT2D eigenvalue weighted by Crippen LogP contribution is 2.23. The number of hydrogen-bond acceptors (Lipinski definition) is 6. The maximum absolute atomic E-state index is 12.3. The topological polar surface area (TPSA) is 72.7 Å². The number of rotatable bonds is 5. The molecule has 2 rings (SSSR count). The van der Waals surface area contributed by atoms with Crippen molar-refractivity contribution in [3.63, 3.8) is 0 Å². The molecule has 19 heavy (non-hydrogen) atoms. The number of hydrogen-bond donors (Lipinski definition) is 1. The van der Waals surface area contributed by atoms with Gasteiger partial charge in [0.2, 0.25) is 5.13 Å². The molecule has 0 aromatic carbocycles. The molecular weight excluding hydrogens is 262 g/mol. The second kappa shape index (κ2) is 5.92. The second-order valence-corrected chi connectivity index (χ2v) is 5.15. The van der Waals surface area contributed by atoms with Gasteiger partial charge in [0.25, 0.3) is 5.56 Å². The Kier molecular flexibility index (Phi) is 4.26. The zero-order valence-corrected chi connectivity index (χ0v) is 12.1. The predicted molar refractivity (Wildman–Crippen MR) is 76.6 cm³/mol. The molecule has 2 aromatic rings. The monoisotopic (exact) mass is 279 g/mol. The number of nitrogens with one attached hydrogen (secondary N) is 1. The summed E-state index contributed by atoms with van der Waals surface area (Å²) in [5.41, 5.74) is 1.28. The number of anilines is 1. The minimum atomic E-state index is -0.105. The normalized spacial score (nSPS) is 10.7. The molecular formula is C12H17N5OS. The van der Waals surface area contributed by atoms with Gasteiger partial charge in [-0.25, -0.2) is 4.68 Å². The minimum absolute atomic E-state index is 0.105. The average molecular weight is 279 g/mol. The van der Waals surface area contributed by atoms with Crippen LogP contribution in [-0.4, -0.2) is 26.5 Å². The molecule has 0 saturated heterocycles. The van der Waals surface area contributed by atoms with Gasteiger partial charge in [0.15, 0.2) is 5.01 Å². The first-order valence-electron chi connectivity index (χ1n) is 6.32. The van der Waals surface area contributed by atoms with Gasteiger partial charge in [-0.05, 0) is 26.3 Å². The van der Waals surface area contributed by atoms with E-state index in [1.807, 2.05) is 20.8 Å². The van der Waals surface area contributed by atoms with Crippen molar-refractivity contribution < 1.29 is 0 Å². The van der Waals surface area contributed by atoms with E-state index in [1.54, 1.807) is 6.07 Å². The maximum Gasteiger partial charge on any atom is 0.277 e. The largest absolute Gasteiger partial charge is 0.360 e. The Bertz CT molecular complexity index is 619. The number of nitrogens with zero attached hydrogens (tertiary/aromatic N) is 4. The zero-order chi connectivity index (χ0) is 13.8. The van der Waals surface area contributed by atoms with Gasteiger partial charge in [-0.1, -0.05) is 18.3 Å². The van der Waals surface area contributed by atoms with Crippen molar-refractivity contribution in [2.45, 2.75) is 33.7 Å². The highest BCUT2D eigenvalue weighted by atomic mass is 32.1. The van der Waals surface area contributed by atoms with Crippen molar-refractivity contribution in [3.8, 4) is 10.6 Å². The van der Waals surface area contributed by atoms with Crippen LogP contribution >= 0.6 is 11.3 Å². The standard InChI is InChI=1S/C12H17N5OS/c1-4-6-17-11(18)9(7-8(3)16-17)10-14-15-12(19-10)13-5-2/h7H,4-6H2,1-3H3,(H,13,15). The summed E-state index contributed by atoms with van der Waals surface area (Å²) in [5, 5.41) is 16.8. The molecule has 0 aliphatic carbocycles. The Balaban J connectivity index is 2.45. The highest BCUT2D eigenvalue weighted by Gasteiger charge is 2.13. The van der Waals surface area contributed by atoms with Gasteiger partial charge in [-0.15, -0.1) is 10.2 Å². The van der Waals surface area contributed by atoms with Crippen LogP contribution in [0.2, 0.25) is 0 Å². The molecule has 0 unspecified atom stereocenters. The van der Waals surface area contributed by atoms with Gasteiger partial charge in [0, 0.05) is 13.1 Å². The van der Waals surface area contributed by atoms with Gasteiger partial charge in [-0.3, -0.25) is 4.79 Å². The fourth-order valence-electron chi connectivity index (χ4n) is 1.75. The SMILES string of the molecule is CCCn1nc(C)cc(-c2nnc(NCC)s2)c1=O. The van der Waals surface area contributed by atoms with Crippen molar-refractivity contribution >= 4 is 16.5 Å². The van der Waals surface area contributed by atoms with E-state index in [0.717, 1.165) is 23.8 Å². The van der Waals surface area contributed by atoms with E-state index in [0.29, 0.717) is 17.1 Å². The molecule has 1 N–H and O–H groups in total. The van der Waals surface area contributed by atoms with E-state index in [9.17, 15) is 4.79 Å². The molecule has 6 nitrogen and oxygen atoms in total. The van der Waals surface area contributed by atoms with Crippen LogP contribution in [0, 0.1) is 6.92 Å². The summed E-state index contributed by atoms with van der Waals surface area (Å²) >= 11 is 1.39. The molecule has 0 amide bonds. The third-order valence-corrected chi connectivity index (χ3v) is 3.43. The molecule has 0 radical (unpaired) electrons. The molecule has 2 heterocycles. The molecule has 0 aliphatic heterocycles. The van der Waals surface area contributed by atoms with Crippen LogP contribution in [0.15, 0.2) is 10.9 Å². The van der Waals surface area contributed by atoms with E-state index in [1.165, 1.54) is 16.0 Å². The predicted octanol–water partition coefficient (Wildman–Crippen LogP) is 1.91. The van der Waals surface area contributed by atoms with E-state index in [4.69, 9.17) is 0 Å². The second-order valence-electron chi connectivity index (χ2n) is 4.17. The Labute approximate surface area is 115 Å². The van der Waals surface area contributed by atoms with E-state index < -0.39 is 0 Å². The lowest BCUT2D eigenvalue weighted by Gasteiger charge is -2.05. The van der Waals surface area contributed by atoms with Gasteiger partial charge < -0.3 is 5.32 Å². The van der Waals surface area contributed by atoms with E-state index in [-0.39, 0.29) is 5.56 Å². The summed E-state index contributed by atoms with van der Waals surface area (Å²) < 4.78 is 1.50. The average Bonchev–Trinajstić information content (AvgIpc) is 2.82. The van der Waals surface area contributed by atoms with Crippen LogP contribution in [0.4, 0.5) is 5.13 Å². The Morgan fingerprint density at radius 3 is 2.84 bits per heavy atom. The van der Waals surface area contributed by atoms with Gasteiger partial charge in [0.1, 0.15) is 0 Å². The molecule has 0 spiro atoms. The smallest absolute Gasteiger partial charge is 0.277 e. The summed E-state index contributed by atoms with van der Waals surface area (Å²) in [4.78, 5) is 12.3. The lowest BCUT2D eigenvalue weighted by Crippen LogP contribution is -2.25. The van der Waals surface area contributed by atoms with E-state index in [2.05, 4.69) is 20.6 Å². The maximum atomic E-state index is 12.3. The minimum Gasteiger partial charge on any atom is -0.360 e. The molecule has 0 atom stereocenters. The van der Waals surface area contributed by atoms with Crippen LogP contribution in [0.3, 0.4) is 0 Å². The summed E-state index contributed by atoms with van der Waals surface area (Å²) in [5.74, 6) is 0. The Morgan fingerprint density at radius 1 is 1.37 bits per heavy atom. The first-order valence-corrected chi connectivity index (χ1v) is 7.13. The lowest BCUT2D eigenvalue weighted by atomic mass is 10.2. The molecule has 7 heteroatoms. The Hall–Kier alpha value is -1.76. The zero-order valence-electron chi connectivity index (χ0n) is 11.3. The van der Waals surface area contributed by atoms with Crippen molar-refractivity contribution in [1.82, 2.24) is 20.0 Å². The third kappa shape index (κ3) is 2.98. The van der Waals surface area contributed by atoms with Crippen LogP contribution in [0.1, 0.15) is 26.0 Å². The van der Waals surface area contributed by atoms with Crippen LogP contribution in [0.5, 0.6) is 0 Å². The molecule has 0 saturated carbocycles. The molecule has 0 bridgehead atoms. The molecule has 2 aromatic heterocycles. The van der Waals surface area contributed by atoms with Crippen molar-refractivity contribution in [2.75, 3.05) is 11.9 Å². The highest BCUT2D eigenvalue weighted by molar-refractivity contribution is 7.18. The summed E-state index contributed by atoms with van der Waals surface area (Å²) in [6, 6.07) is 1.77. The van der Waals surface area contributed by atoms with Crippen LogP contribution in [0.25, 0.3) is 10.6 Å². The first-order chi connectivity index (χ1) is 9.15. The molecule has 102 valence electrons. The van der Waals surface area contributed by atoms with E-state index >= 15 is 0 Å². The lowest BCUT2D eigenvalue weighted by molar-refractivity contribution is 0.562. The summed E-state index contributed by atoms with van der Waals surface area (Å²) in [6.45, 7) is 7.29. The fraction of sp³-hybridized carbons (Fsp3) is 0.500. The number of aromatic nitrogens is 4. The first kappa shape index (κ1) is 13.7. The summed E-state index contributed by atoms with van der Waals surface area (Å²) in [7, 11) is 0. The van der Waals surface area contributed by atoms with Crippen LogP contribution in [-0.2, 0) is 6.54 Å². The van der Waals surface area contributed by atoms with Crippen molar-refractivity contribution in [2.24, 2.45) is 0 Å². The quantitative estimate of drug-likeness (QED) is 0.905.